The second-order valence-electron chi connectivity index (χ2n) is 3.77. The molecule has 94 valence electrons. The average molecular weight is 240 g/mol. The van der Waals surface area contributed by atoms with Crippen molar-refractivity contribution in [3.63, 3.8) is 0 Å². The van der Waals surface area contributed by atoms with Crippen LogP contribution in [0.5, 0.6) is 0 Å². The van der Waals surface area contributed by atoms with Crippen LogP contribution in [-0.4, -0.2) is 49.8 Å². The van der Waals surface area contributed by atoms with Gasteiger partial charge in [0.25, 0.3) is 0 Å². The third kappa shape index (κ3) is 3.64. The molecule has 0 aromatic carbocycles. The Labute approximate surface area is 91.5 Å². The standard InChI is InChI=1S/C9H15F3N2O2/c10-9(11,12)8(15)14-3-1-7(5-14)6-16-4-2-13/h7H,1-6,13H2. The first-order valence-corrected chi connectivity index (χ1v) is 5.09. The van der Waals surface area contributed by atoms with Gasteiger partial charge in [-0.05, 0) is 6.42 Å². The minimum Gasteiger partial charge on any atom is -0.380 e. The van der Waals surface area contributed by atoms with E-state index in [2.05, 4.69) is 0 Å². The van der Waals surface area contributed by atoms with Gasteiger partial charge >= 0.3 is 12.1 Å². The highest BCUT2D eigenvalue weighted by Crippen LogP contribution is 2.24. The van der Waals surface area contributed by atoms with Crippen LogP contribution in [0.15, 0.2) is 0 Å². The van der Waals surface area contributed by atoms with Crippen molar-refractivity contribution in [1.29, 1.82) is 0 Å². The molecule has 0 spiro atoms. The van der Waals surface area contributed by atoms with E-state index < -0.39 is 12.1 Å². The van der Waals surface area contributed by atoms with Crippen LogP contribution >= 0.6 is 0 Å². The highest BCUT2D eigenvalue weighted by atomic mass is 19.4. The Morgan fingerprint density at radius 1 is 1.50 bits per heavy atom. The van der Waals surface area contributed by atoms with E-state index in [9.17, 15) is 18.0 Å². The molecule has 0 aromatic heterocycles. The largest absolute Gasteiger partial charge is 0.471 e. The number of alkyl halides is 3. The Bertz CT molecular complexity index is 245. The number of ether oxygens (including phenoxy) is 1. The minimum absolute atomic E-state index is 0.0159. The van der Waals surface area contributed by atoms with E-state index in [4.69, 9.17) is 10.5 Å². The Hall–Kier alpha value is -0.820. The van der Waals surface area contributed by atoms with Gasteiger partial charge in [-0.25, -0.2) is 0 Å². The van der Waals surface area contributed by atoms with Gasteiger partial charge < -0.3 is 15.4 Å². The molecule has 4 nitrogen and oxygen atoms in total. The zero-order valence-corrected chi connectivity index (χ0v) is 8.79. The number of likely N-dealkylation sites (tertiary alicyclic amines) is 1. The summed E-state index contributed by atoms with van der Waals surface area (Å²) in [4.78, 5) is 11.7. The summed E-state index contributed by atoms with van der Waals surface area (Å²) < 4.78 is 41.4. The molecular formula is C9H15F3N2O2. The summed E-state index contributed by atoms with van der Waals surface area (Å²) >= 11 is 0. The van der Waals surface area contributed by atoms with Crippen LogP contribution in [0.25, 0.3) is 0 Å². The molecule has 16 heavy (non-hydrogen) atoms. The molecule has 1 unspecified atom stereocenters. The number of nitrogens with zero attached hydrogens (tertiary/aromatic N) is 1. The molecule has 1 fully saturated rings. The van der Waals surface area contributed by atoms with Gasteiger partial charge in [0.2, 0.25) is 0 Å². The SMILES string of the molecule is NCCOCC1CCN(C(=O)C(F)(F)F)C1. The molecule has 0 saturated carbocycles. The Balaban J connectivity index is 2.32. The first kappa shape index (κ1) is 13.2. The maximum atomic E-state index is 12.1. The number of amides is 1. The minimum atomic E-state index is -4.77. The van der Waals surface area contributed by atoms with Crippen LogP contribution in [0.3, 0.4) is 0 Å². The molecule has 0 aromatic rings. The summed E-state index contributed by atoms with van der Waals surface area (Å²) in [5, 5.41) is 0. The number of carbonyl (C=O) groups is 1. The lowest BCUT2D eigenvalue weighted by atomic mass is 10.1. The molecular weight excluding hydrogens is 225 g/mol. The highest BCUT2D eigenvalue weighted by Gasteiger charge is 2.44. The Morgan fingerprint density at radius 3 is 2.75 bits per heavy atom. The molecule has 1 heterocycles. The van der Waals surface area contributed by atoms with Gasteiger partial charge in [-0.2, -0.15) is 13.2 Å². The number of hydrogen-bond donors (Lipinski definition) is 1. The van der Waals surface area contributed by atoms with Crippen LogP contribution in [0, 0.1) is 5.92 Å². The van der Waals surface area contributed by atoms with E-state index in [-0.39, 0.29) is 19.0 Å². The lowest BCUT2D eigenvalue weighted by Gasteiger charge is -2.17. The van der Waals surface area contributed by atoms with Crippen molar-refractivity contribution >= 4 is 5.91 Å². The van der Waals surface area contributed by atoms with Crippen LogP contribution in [0.1, 0.15) is 6.42 Å². The van der Waals surface area contributed by atoms with Crippen LogP contribution in [0.2, 0.25) is 0 Å². The number of rotatable bonds is 4. The average Bonchev–Trinajstić information content (AvgIpc) is 2.64. The van der Waals surface area contributed by atoms with E-state index in [1.165, 1.54) is 0 Å². The molecule has 1 saturated heterocycles. The van der Waals surface area contributed by atoms with Gasteiger partial charge in [-0.15, -0.1) is 0 Å². The van der Waals surface area contributed by atoms with Gasteiger partial charge in [0.05, 0.1) is 13.2 Å². The number of nitrogens with two attached hydrogens (primary N) is 1. The van der Waals surface area contributed by atoms with Crippen LogP contribution < -0.4 is 5.73 Å². The zero-order valence-electron chi connectivity index (χ0n) is 8.79. The van der Waals surface area contributed by atoms with E-state index >= 15 is 0 Å². The fourth-order valence-corrected chi connectivity index (χ4v) is 1.67. The molecule has 2 N–H and O–H groups in total. The molecule has 1 aliphatic rings. The molecule has 1 amide bonds. The van der Waals surface area contributed by atoms with Gasteiger partial charge in [-0.1, -0.05) is 0 Å². The number of halogens is 3. The zero-order chi connectivity index (χ0) is 12.2. The van der Waals surface area contributed by atoms with E-state index in [0.29, 0.717) is 26.2 Å². The fourth-order valence-electron chi connectivity index (χ4n) is 1.67. The third-order valence-electron chi connectivity index (χ3n) is 2.43. The second-order valence-corrected chi connectivity index (χ2v) is 3.77. The molecule has 1 aliphatic heterocycles. The summed E-state index contributed by atoms with van der Waals surface area (Å²) in [6, 6.07) is 0. The molecule has 0 aliphatic carbocycles. The monoisotopic (exact) mass is 240 g/mol. The van der Waals surface area contributed by atoms with E-state index in [0.717, 1.165) is 4.90 Å². The molecule has 1 rings (SSSR count). The topological polar surface area (TPSA) is 55.6 Å². The Kier molecular flexibility index (Phi) is 4.55. The maximum Gasteiger partial charge on any atom is 0.471 e. The third-order valence-corrected chi connectivity index (χ3v) is 2.43. The number of hydrogen-bond acceptors (Lipinski definition) is 3. The fraction of sp³-hybridized carbons (Fsp3) is 0.889. The lowest BCUT2D eigenvalue weighted by Crippen LogP contribution is -2.39. The quantitative estimate of drug-likeness (QED) is 0.722. The first-order valence-electron chi connectivity index (χ1n) is 5.09. The predicted molar refractivity (Wildman–Crippen MR) is 50.6 cm³/mol. The number of carbonyl (C=O) groups excluding carboxylic acids is 1. The van der Waals surface area contributed by atoms with Crippen LogP contribution in [0.4, 0.5) is 13.2 Å². The van der Waals surface area contributed by atoms with E-state index in [1.54, 1.807) is 0 Å². The second kappa shape index (κ2) is 5.49. The molecule has 7 heteroatoms. The van der Waals surface area contributed by atoms with Gasteiger partial charge in [-0.3, -0.25) is 4.79 Å². The van der Waals surface area contributed by atoms with Crippen molar-refractivity contribution in [2.75, 3.05) is 32.8 Å². The van der Waals surface area contributed by atoms with Crippen molar-refractivity contribution in [1.82, 2.24) is 4.90 Å². The smallest absolute Gasteiger partial charge is 0.380 e. The van der Waals surface area contributed by atoms with Gasteiger partial charge in [0, 0.05) is 25.6 Å². The van der Waals surface area contributed by atoms with Crippen molar-refractivity contribution in [2.45, 2.75) is 12.6 Å². The van der Waals surface area contributed by atoms with Crippen molar-refractivity contribution in [3.05, 3.63) is 0 Å². The van der Waals surface area contributed by atoms with Crippen molar-refractivity contribution < 1.29 is 22.7 Å². The molecule has 1 atom stereocenters. The summed E-state index contributed by atoms with van der Waals surface area (Å²) in [6.45, 7) is 1.40. The maximum absolute atomic E-state index is 12.1. The van der Waals surface area contributed by atoms with Crippen molar-refractivity contribution in [2.24, 2.45) is 11.7 Å². The molecule has 0 bridgehead atoms. The van der Waals surface area contributed by atoms with Crippen LogP contribution in [-0.2, 0) is 9.53 Å². The lowest BCUT2D eigenvalue weighted by molar-refractivity contribution is -0.184. The predicted octanol–water partition coefficient (Wildman–Crippen LogP) is 0.373. The first-order chi connectivity index (χ1) is 7.45. The summed E-state index contributed by atoms with van der Waals surface area (Å²) in [7, 11) is 0. The van der Waals surface area contributed by atoms with E-state index in [1.807, 2.05) is 0 Å². The highest BCUT2D eigenvalue weighted by molar-refractivity contribution is 5.82. The van der Waals surface area contributed by atoms with Gasteiger partial charge in [0.1, 0.15) is 0 Å². The summed E-state index contributed by atoms with van der Waals surface area (Å²) in [6.07, 6.45) is -4.22. The molecule has 0 radical (unpaired) electrons. The summed E-state index contributed by atoms with van der Waals surface area (Å²) in [5.41, 5.74) is 5.21. The summed E-state index contributed by atoms with van der Waals surface area (Å²) in [5.74, 6) is -1.77. The normalized spacial score (nSPS) is 21.5. The van der Waals surface area contributed by atoms with Gasteiger partial charge in [0.15, 0.2) is 0 Å². The van der Waals surface area contributed by atoms with Crippen molar-refractivity contribution in [3.8, 4) is 0 Å². The Morgan fingerprint density at radius 2 is 2.19 bits per heavy atom.